The van der Waals surface area contributed by atoms with Crippen LogP contribution in [-0.4, -0.2) is 44.8 Å². The van der Waals surface area contributed by atoms with Gasteiger partial charge >= 0.3 is 0 Å². The lowest BCUT2D eigenvalue weighted by Crippen LogP contribution is -2.22. The van der Waals surface area contributed by atoms with Crippen LogP contribution in [-0.2, 0) is 4.74 Å². The van der Waals surface area contributed by atoms with E-state index in [1.807, 2.05) is 6.07 Å². The van der Waals surface area contributed by atoms with Crippen LogP contribution in [0.5, 0.6) is 0 Å². The molecule has 2 rings (SSSR count). The number of nitrogens with one attached hydrogen (secondary N) is 1. The van der Waals surface area contributed by atoms with E-state index in [4.69, 9.17) is 10.5 Å². The Morgan fingerprint density at radius 1 is 1.43 bits per heavy atom. The summed E-state index contributed by atoms with van der Waals surface area (Å²) in [6, 6.07) is 6.24. The number of likely N-dealkylation sites (N-methyl/N-ethyl adjacent to an activating group) is 1. The van der Waals surface area contributed by atoms with Crippen molar-refractivity contribution in [3.63, 3.8) is 0 Å². The Labute approximate surface area is 127 Å². The van der Waals surface area contributed by atoms with Gasteiger partial charge in [0.15, 0.2) is 0 Å². The van der Waals surface area contributed by atoms with E-state index in [0.717, 1.165) is 29.9 Å². The van der Waals surface area contributed by atoms with Crippen LogP contribution in [0.15, 0.2) is 24.4 Å². The van der Waals surface area contributed by atoms with Crippen LogP contribution < -0.4 is 11.1 Å². The number of methoxy groups -OCH3 is 1. The van der Waals surface area contributed by atoms with Crippen LogP contribution >= 0.6 is 0 Å². The summed E-state index contributed by atoms with van der Waals surface area (Å²) in [5.74, 6) is 5.98. The molecule has 0 saturated heterocycles. The van der Waals surface area contributed by atoms with E-state index in [-0.39, 0.29) is 0 Å². The molecule has 0 unspecified atom stereocenters. The molecular weight excluding hydrogens is 262 g/mol. The molecule has 1 aromatic carbocycles. The van der Waals surface area contributed by atoms with Gasteiger partial charge < -0.3 is 20.7 Å². The molecule has 1 aromatic rings. The molecule has 3 N–H and O–H groups in total. The number of aryl methyl sites for hydroxylation is 1. The Hall–Kier alpha value is -1.96. The summed E-state index contributed by atoms with van der Waals surface area (Å²) in [7, 11) is 5.76. The van der Waals surface area contributed by atoms with Crippen molar-refractivity contribution in [3.05, 3.63) is 35.5 Å². The summed E-state index contributed by atoms with van der Waals surface area (Å²) < 4.78 is 5.44. The van der Waals surface area contributed by atoms with Crippen LogP contribution in [0.3, 0.4) is 0 Å². The molecule has 0 spiro atoms. The number of hydrogen-bond donors (Lipinski definition) is 2. The van der Waals surface area contributed by atoms with Crippen LogP contribution in [0.25, 0.3) is 5.57 Å². The molecule has 0 aromatic heterocycles. The number of ether oxygens (including phenoxy) is 1. The van der Waals surface area contributed by atoms with Crippen LogP contribution in [0.2, 0.25) is 0 Å². The summed E-state index contributed by atoms with van der Waals surface area (Å²) in [6.07, 6.45) is 1.57. The SMILES string of the molecule is COC1(/C(=C\N)c2ccc(C)c(NCCN(C)C)c2)C#C1. The van der Waals surface area contributed by atoms with E-state index < -0.39 is 5.60 Å². The van der Waals surface area contributed by atoms with Gasteiger partial charge in [0.25, 0.3) is 0 Å². The van der Waals surface area contributed by atoms with Crippen molar-refractivity contribution < 1.29 is 4.74 Å². The second-order valence-electron chi connectivity index (χ2n) is 5.48. The minimum absolute atomic E-state index is 0.662. The third kappa shape index (κ3) is 3.38. The van der Waals surface area contributed by atoms with Crippen molar-refractivity contribution in [2.24, 2.45) is 5.73 Å². The monoisotopic (exact) mass is 285 g/mol. The molecule has 0 atom stereocenters. The van der Waals surface area contributed by atoms with Gasteiger partial charge in [-0.05, 0) is 50.1 Å². The van der Waals surface area contributed by atoms with Crippen LogP contribution in [0.1, 0.15) is 11.1 Å². The van der Waals surface area contributed by atoms with Gasteiger partial charge in [-0.25, -0.2) is 0 Å². The van der Waals surface area contributed by atoms with E-state index in [1.165, 1.54) is 5.56 Å². The van der Waals surface area contributed by atoms with Gasteiger partial charge in [0.2, 0.25) is 5.60 Å². The standard InChI is InChI=1S/C17H23N3O/c1-13-5-6-14(11-16(13)19-9-10-20(2)3)15(12-18)17(21-4)7-8-17/h5-6,11-12,19H,9-10,18H2,1-4H3/b15-12-. The van der Waals surface area contributed by atoms with E-state index in [0.29, 0.717) is 0 Å². The zero-order chi connectivity index (χ0) is 15.5. The maximum atomic E-state index is 5.79. The molecule has 112 valence electrons. The Kier molecular flexibility index (Phi) is 4.56. The highest BCUT2D eigenvalue weighted by molar-refractivity contribution is 5.86. The van der Waals surface area contributed by atoms with Crippen molar-refractivity contribution >= 4 is 11.3 Å². The maximum Gasteiger partial charge on any atom is 0.218 e. The Morgan fingerprint density at radius 2 is 2.14 bits per heavy atom. The fourth-order valence-corrected chi connectivity index (χ4v) is 2.21. The summed E-state index contributed by atoms with van der Waals surface area (Å²) >= 11 is 0. The second-order valence-corrected chi connectivity index (χ2v) is 5.48. The molecule has 0 amide bonds. The number of nitrogens with zero attached hydrogens (tertiary/aromatic N) is 1. The lowest BCUT2D eigenvalue weighted by molar-refractivity contribution is 0.156. The van der Waals surface area contributed by atoms with E-state index in [2.05, 4.69) is 55.2 Å². The molecule has 1 aliphatic rings. The van der Waals surface area contributed by atoms with Gasteiger partial charge in [0.1, 0.15) is 0 Å². The van der Waals surface area contributed by atoms with Gasteiger partial charge in [0, 0.05) is 37.7 Å². The van der Waals surface area contributed by atoms with Gasteiger partial charge in [-0.3, -0.25) is 0 Å². The molecule has 0 fully saturated rings. The average Bonchev–Trinajstić information content (AvgIpc) is 3.23. The smallest absolute Gasteiger partial charge is 0.218 e. The first kappa shape index (κ1) is 15.4. The lowest BCUT2D eigenvalue weighted by Gasteiger charge is -2.19. The first-order chi connectivity index (χ1) is 10.0. The predicted molar refractivity (Wildman–Crippen MR) is 87.9 cm³/mol. The highest BCUT2D eigenvalue weighted by Gasteiger charge is 2.39. The normalized spacial score (nSPS) is 15.6. The van der Waals surface area contributed by atoms with Crippen molar-refractivity contribution in [1.29, 1.82) is 0 Å². The quantitative estimate of drug-likeness (QED) is 0.748. The number of rotatable bonds is 7. The van der Waals surface area contributed by atoms with E-state index in [9.17, 15) is 0 Å². The summed E-state index contributed by atoms with van der Waals surface area (Å²) in [4.78, 5) is 2.15. The fourth-order valence-electron chi connectivity index (χ4n) is 2.21. The first-order valence-corrected chi connectivity index (χ1v) is 7.04. The zero-order valence-electron chi connectivity index (χ0n) is 13.2. The largest absolute Gasteiger partial charge is 0.404 e. The molecule has 0 saturated carbocycles. The molecule has 1 aliphatic carbocycles. The van der Waals surface area contributed by atoms with E-state index >= 15 is 0 Å². The summed E-state index contributed by atoms with van der Waals surface area (Å²) in [5, 5.41) is 3.46. The Morgan fingerprint density at radius 3 is 2.67 bits per heavy atom. The van der Waals surface area contributed by atoms with Crippen molar-refractivity contribution in [1.82, 2.24) is 4.90 Å². The highest BCUT2D eigenvalue weighted by Crippen LogP contribution is 2.36. The molecule has 0 bridgehead atoms. The molecule has 0 heterocycles. The average molecular weight is 285 g/mol. The molecular formula is C17H23N3O. The number of nitrogens with two attached hydrogens (primary N) is 1. The second kappa shape index (κ2) is 6.21. The third-order valence-electron chi connectivity index (χ3n) is 3.63. The van der Waals surface area contributed by atoms with Crippen molar-refractivity contribution in [2.75, 3.05) is 39.6 Å². The number of hydrogen-bond acceptors (Lipinski definition) is 4. The minimum atomic E-state index is -0.662. The maximum absolute atomic E-state index is 5.79. The van der Waals surface area contributed by atoms with Crippen LogP contribution in [0, 0.1) is 18.8 Å². The Bertz CT molecular complexity index is 600. The number of benzene rings is 1. The molecule has 21 heavy (non-hydrogen) atoms. The van der Waals surface area contributed by atoms with E-state index in [1.54, 1.807) is 13.3 Å². The third-order valence-corrected chi connectivity index (χ3v) is 3.63. The van der Waals surface area contributed by atoms with Crippen molar-refractivity contribution in [2.45, 2.75) is 12.5 Å². The molecule has 4 heteroatoms. The van der Waals surface area contributed by atoms with Gasteiger partial charge in [-0.15, -0.1) is 0 Å². The lowest BCUT2D eigenvalue weighted by atomic mass is 9.95. The fraction of sp³-hybridized carbons (Fsp3) is 0.412. The van der Waals surface area contributed by atoms with Crippen molar-refractivity contribution in [3.8, 4) is 11.8 Å². The van der Waals surface area contributed by atoms with Gasteiger partial charge in [-0.2, -0.15) is 0 Å². The summed E-state index contributed by atoms with van der Waals surface area (Å²) in [6.45, 7) is 3.96. The minimum Gasteiger partial charge on any atom is -0.404 e. The highest BCUT2D eigenvalue weighted by atomic mass is 16.5. The number of anilines is 1. The van der Waals surface area contributed by atoms with Crippen LogP contribution in [0.4, 0.5) is 5.69 Å². The zero-order valence-corrected chi connectivity index (χ0v) is 13.2. The van der Waals surface area contributed by atoms with Gasteiger partial charge in [-0.1, -0.05) is 12.1 Å². The molecule has 4 nitrogen and oxygen atoms in total. The molecule has 0 aliphatic heterocycles. The van der Waals surface area contributed by atoms with Gasteiger partial charge in [0.05, 0.1) is 0 Å². The topological polar surface area (TPSA) is 50.5 Å². The first-order valence-electron chi connectivity index (χ1n) is 7.04. The Balaban J connectivity index is 2.18. The predicted octanol–water partition coefficient (Wildman–Crippen LogP) is 1.67. The summed E-state index contributed by atoms with van der Waals surface area (Å²) in [5.41, 5.74) is 9.34. The molecule has 0 radical (unpaired) electrons.